The van der Waals surface area contributed by atoms with Crippen molar-refractivity contribution in [2.24, 2.45) is 17.6 Å². The molecule has 0 saturated carbocycles. The molecule has 4 nitrogen and oxygen atoms in total. The summed E-state index contributed by atoms with van der Waals surface area (Å²) in [5.41, 5.74) is 5.57. The quantitative estimate of drug-likeness (QED) is 0.700. The molecule has 14 heavy (non-hydrogen) atoms. The molecule has 0 aromatic carbocycles. The number of carbonyl (C=O) groups excluding carboxylic acids is 2. The first-order valence-electron chi connectivity index (χ1n) is 4.93. The third-order valence-corrected chi connectivity index (χ3v) is 1.88. The molecule has 2 amide bonds. The SMILES string of the molecule is CC(C)CC(=O)NC(=O)[C@@H](N)C(C)C. The van der Waals surface area contributed by atoms with Crippen LogP contribution in [0.1, 0.15) is 34.1 Å². The molecule has 0 aromatic rings. The van der Waals surface area contributed by atoms with E-state index in [2.05, 4.69) is 5.32 Å². The second kappa shape index (κ2) is 5.75. The molecular formula is C10H20N2O2. The Kier molecular flexibility index (Phi) is 5.38. The lowest BCUT2D eigenvalue weighted by Crippen LogP contribution is -2.46. The molecule has 0 bridgehead atoms. The summed E-state index contributed by atoms with van der Waals surface area (Å²) in [6.07, 6.45) is 0.358. The number of amides is 2. The zero-order valence-corrected chi connectivity index (χ0v) is 9.33. The van der Waals surface area contributed by atoms with Crippen LogP contribution in [0, 0.1) is 11.8 Å². The van der Waals surface area contributed by atoms with Crippen LogP contribution in [-0.2, 0) is 9.59 Å². The average Bonchev–Trinajstić information content (AvgIpc) is 2.00. The number of carbonyl (C=O) groups is 2. The summed E-state index contributed by atoms with van der Waals surface area (Å²) in [5.74, 6) is -0.341. The predicted octanol–water partition coefficient (Wildman–Crippen LogP) is 0.659. The van der Waals surface area contributed by atoms with Crippen molar-refractivity contribution >= 4 is 11.8 Å². The van der Waals surface area contributed by atoms with Crippen molar-refractivity contribution in [2.75, 3.05) is 0 Å². The Morgan fingerprint density at radius 3 is 2.07 bits per heavy atom. The predicted molar refractivity (Wildman–Crippen MR) is 55.4 cm³/mol. The van der Waals surface area contributed by atoms with Crippen molar-refractivity contribution in [1.29, 1.82) is 0 Å². The van der Waals surface area contributed by atoms with E-state index in [1.165, 1.54) is 0 Å². The van der Waals surface area contributed by atoms with Crippen LogP contribution in [0.4, 0.5) is 0 Å². The van der Waals surface area contributed by atoms with Gasteiger partial charge in [0.25, 0.3) is 0 Å². The van der Waals surface area contributed by atoms with Crippen molar-refractivity contribution in [1.82, 2.24) is 5.32 Å². The van der Waals surface area contributed by atoms with Crippen LogP contribution >= 0.6 is 0 Å². The molecule has 4 heteroatoms. The third kappa shape index (κ3) is 4.97. The lowest BCUT2D eigenvalue weighted by atomic mass is 10.0. The fourth-order valence-corrected chi connectivity index (χ4v) is 0.945. The van der Waals surface area contributed by atoms with E-state index in [-0.39, 0.29) is 23.7 Å². The van der Waals surface area contributed by atoms with Gasteiger partial charge in [0, 0.05) is 6.42 Å². The highest BCUT2D eigenvalue weighted by atomic mass is 16.2. The Balaban J connectivity index is 4.00. The summed E-state index contributed by atoms with van der Waals surface area (Å²) in [6, 6.07) is -0.605. The smallest absolute Gasteiger partial charge is 0.243 e. The Morgan fingerprint density at radius 1 is 1.21 bits per heavy atom. The highest BCUT2D eigenvalue weighted by molar-refractivity contribution is 5.97. The third-order valence-electron chi connectivity index (χ3n) is 1.88. The Bertz CT molecular complexity index is 212. The van der Waals surface area contributed by atoms with E-state index in [0.29, 0.717) is 6.42 Å². The molecule has 0 rings (SSSR count). The number of rotatable bonds is 4. The number of imide groups is 1. The van der Waals surface area contributed by atoms with Crippen molar-refractivity contribution in [2.45, 2.75) is 40.2 Å². The van der Waals surface area contributed by atoms with Gasteiger partial charge in [-0.2, -0.15) is 0 Å². The lowest BCUT2D eigenvalue weighted by Gasteiger charge is -2.14. The van der Waals surface area contributed by atoms with E-state index in [0.717, 1.165) is 0 Å². The Morgan fingerprint density at radius 2 is 1.71 bits per heavy atom. The van der Waals surface area contributed by atoms with Crippen molar-refractivity contribution in [3.8, 4) is 0 Å². The van der Waals surface area contributed by atoms with Gasteiger partial charge in [0.2, 0.25) is 11.8 Å². The molecule has 0 aliphatic rings. The van der Waals surface area contributed by atoms with E-state index < -0.39 is 6.04 Å². The molecular weight excluding hydrogens is 180 g/mol. The van der Waals surface area contributed by atoms with Gasteiger partial charge < -0.3 is 5.73 Å². The van der Waals surface area contributed by atoms with Gasteiger partial charge in [0.15, 0.2) is 0 Å². The molecule has 0 saturated heterocycles. The van der Waals surface area contributed by atoms with Gasteiger partial charge in [-0.3, -0.25) is 14.9 Å². The first-order valence-corrected chi connectivity index (χ1v) is 4.93. The molecule has 0 aliphatic carbocycles. The van der Waals surface area contributed by atoms with Gasteiger partial charge in [-0.05, 0) is 11.8 Å². The van der Waals surface area contributed by atoms with E-state index in [1.807, 2.05) is 27.7 Å². The van der Waals surface area contributed by atoms with Gasteiger partial charge in [0.05, 0.1) is 6.04 Å². The molecule has 1 atom stereocenters. The molecule has 3 N–H and O–H groups in total. The maximum absolute atomic E-state index is 11.3. The van der Waals surface area contributed by atoms with E-state index in [4.69, 9.17) is 5.73 Å². The number of hydrogen-bond acceptors (Lipinski definition) is 3. The fourth-order valence-electron chi connectivity index (χ4n) is 0.945. The topological polar surface area (TPSA) is 72.2 Å². The van der Waals surface area contributed by atoms with Crippen LogP contribution in [0.25, 0.3) is 0 Å². The van der Waals surface area contributed by atoms with Crippen molar-refractivity contribution in [3.63, 3.8) is 0 Å². The van der Waals surface area contributed by atoms with Gasteiger partial charge >= 0.3 is 0 Å². The average molecular weight is 200 g/mol. The normalized spacial score (nSPS) is 13.1. The largest absolute Gasteiger partial charge is 0.320 e. The maximum Gasteiger partial charge on any atom is 0.243 e. The monoisotopic (exact) mass is 200 g/mol. The lowest BCUT2D eigenvalue weighted by molar-refractivity contribution is -0.132. The summed E-state index contributed by atoms with van der Waals surface area (Å²) in [5, 5.41) is 2.29. The highest BCUT2D eigenvalue weighted by Crippen LogP contribution is 2.00. The van der Waals surface area contributed by atoms with Crippen LogP contribution < -0.4 is 11.1 Å². The second-order valence-corrected chi connectivity index (χ2v) is 4.28. The molecule has 0 spiro atoms. The van der Waals surface area contributed by atoms with Gasteiger partial charge in [0.1, 0.15) is 0 Å². The Hall–Kier alpha value is -0.900. The zero-order valence-electron chi connectivity index (χ0n) is 9.33. The molecule has 82 valence electrons. The number of nitrogens with two attached hydrogens (primary N) is 1. The summed E-state index contributed by atoms with van der Waals surface area (Å²) in [4.78, 5) is 22.5. The van der Waals surface area contributed by atoms with Crippen LogP contribution in [0.3, 0.4) is 0 Å². The minimum atomic E-state index is -0.605. The fraction of sp³-hybridized carbons (Fsp3) is 0.800. The standard InChI is InChI=1S/C10H20N2O2/c1-6(2)5-8(13)12-10(14)9(11)7(3)4/h6-7,9H,5,11H2,1-4H3,(H,12,13,14)/t9-/m0/s1. The zero-order chi connectivity index (χ0) is 11.3. The molecule has 0 aromatic heterocycles. The summed E-state index contributed by atoms with van der Waals surface area (Å²) >= 11 is 0. The number of nitrogens with one attached hydrogen (secondary N) is 1. The van der Waals surface area contributed by atoms with E-state index in [9.17, 15) is 9.59 Å². The second-order valence-electron chi connectivity index (χ2n) is 4.28. The van der Waals surface area contributed by atoms with E-state index in [1.54, 1.807) is 0 Å². The molecule has 0 aliphatic heterocycles. The van der Waals surface area contributed by atoms with E-state index >= 15 is 0 Å². The van der Waals surface area contributed by atoms with Crippen LogP contribution in [0.2, 0.25) is 0 Å². The van der Waals surface area contributed by atoms with Gasteiger partial charge in [-0.1, -0.05) is 27.7 Å². The van der Waals surface area contributed by atoms with Crippen molar-refractivity contribution in [3.05, 3.63) is 0 Å². The molecule has 0 unspecified atom stereocenters. The summed E-state index contributed by atoms with van der Waals surface area (Å²) < 4.78 is 0. The van der Waals surface area contributed by atoms with Crippen LogP contribution in [0.5, 0.6) is 0 Å². The minimum absolute atomic E-state index is 0.0434. The molecule has 0 fully saturated rings. The van der Waals surface area contributed by atoms with Crippen LogP contribution in [-0.4, -0.2) is 17.9 Å². The maximum atomic E-state index is 11.3. The van der Waals surface area contributed by atoms with Gasteiger partial charge in [-0.15, -0.1) is 0 Å². The minimum Gasteiger partial charge on any atom is -0.320 e. The first kappa shape index (κ1) is 13.1. The highest BCUT2D eigenvalue weighted by Gasteiger charge is 2.19. The molecule has 0 radical (unpaired) electrons. The summed E-state index contributed by atoms with van der Waals surface area (Å²) in [6.45, 7) is 7.53. The van der Waals surface area contributed by atoms with Crippen LogP contribution in [0.15, 0.2) is 0 Å². The Labute approximate surface area is 85.2 Å². The molecule has 0 heterocycles. The first-order chi connectivity index (χ1) is 6.34. The number of hydrogen-bond donors (Lipinski definition) is 2. The van der Waals surface area contributed by atoms with Gasteiger partial charge in [-0.25, -0.2) is 0 Å². The summed E-state index contributed by atoms with van der Waals surface area (Å²) in [7, 11) is 0. The van der Waals surface area contributed by atoms with Crippen molar-refractivity contribution < 1.29 is 9.59 Å².